The average molecular weight is 281 g/mol. The Labute approximate surface area is 119 Å². The van der Waals surface area contributed by atoms with E-state index in [0.717, 1.165) is 24.5 Å². The second-order valence-corrected chi connectivity index (χ2v) is 6.13. The summed E-state index contributed by atoms with van der Waals surface area (Å²) in [4.78, 5) is 13.6. The number of aryl methyl sites for hydroxylation is 1. The molecule has 5 heteroatoms. The largest absolute Gasteiger partial charge is 0.351 e. The maximum atomic E-state index is 5.96. The molecule has 2 aliphatic heterocycles. The van der Waals surface area contributed by atoms with Gasteiger partial charge in [-0.1, -0.05) is 6.42 Å². The molecule has 0 N–H and O–H groups in total. The Morgan fingerprint density at radius 1 is 1.32 bits per heavy atom. The molecule has 0 radical (unpaired) electrons. The van der Waals surface area contributed by atoms with Crippen molar-refractivity contribution in [1.29, 1.82) is 0 Å². The van der Waals surface area contributed by atoms with Gasteiger partial charge in [0.05, 0.1) is 0 Å². The zero-order chi connectivity index (χ0) is 13.4. The fraction of sp³-hybridized carbons (Fsp3) is 0.714. The third-order valence-corrected chi connectivity index (χ3v) is 4.56. The van der Waals surface area contributed by atoms with Crippen molar-refractivity contribution in [3.63, 3.8) is 0 Å². The van der Waals surface area contributed by atoms with Crippen molar-refractivity contribution in [3.8, 4) is 0 Å². The second-order valence-electron chi connectivity index (χ2n) is 5.79. The van der Waals surface area contributed by atoms with E-state index >= 15 is 0 Å². The maximum absolute atomic E-state index is 5.96. The SMILES string of the molecule is Cc1cnc(Cl)nc1N1CC2CCCCN2CC1C. The van der Waals surface area contributed by atoms with Gasteiger partial charge in [-0.2, -0.15) is 0 Å². The quantitative estimate of drug-likeness (QED) is 0.740. The molecule has 2 unspecified atom stereocenters. The Bertz CT molecular complexity index is 465. The molecule has 0 bridgehead atoms. The van der Waals surface area contributed by atoms with Crippen LogP contribution >= 0.6 is 11.6 Å². The van der Waals surface area contributed by atoms with Crippen molar-refractivity contribution in [2.75, 3.05) is 24.5 Å². The topological polar surface area (TPSA) is 32.3 Å². The fourth-order valence-electron chi connectivity index (χ4n) is 3.35. The summed E-state index contributed by atoms with van der Waals surface area (Å²) in [5.74, 6) is 1.01. The van der Waals surface area contributed by atoms with Crippen LogP contribution in [-0.4, -0.2) is 46.6 Å². The van der Waals surface area contributed by atoms with Crippen LogP contribution in [0.25, 0.3) is 0 Å². The molecule has 2 saturated heterocycles. The van der Waals surface area contributed by atoms with Gasteiger partial charge in [0.1, 0.15) is 5.82 Å². The Balaban J connectivity index is 1.85. The number of rotatable bonds is 1. The van der Waals surface area contributed by atoms with E-state index in [2.05, 4.69) is 33.6 Å². The zero-order valence-corrected chi connectivity index (χ0v) is 12.4. The van der Waals surface area contributed by atoms with Gasteiger partial charge in [0, 0.05) is 36.9 Å². The van der Waals surface area contributed by atoms with Crippen LogP contribution in [0.4, 0.5) is 5.82 Å². The lowest BCUT2D eigenvalue weighted by molar-refractivity contribution is 0.115. The Morgan fingerprint density at radius 3 is 3.00 bits per heavy atom. The van der Waals surface area contributed by atoms with Gasteiger partial charge in [-0.05, 0) is 44.8 Å². The van der Waals surface area contributed by atoms with E-state index in [9.17, 15) is 0 Å². The van der Waals surface area contributed by atoms with Crippen LogP contribution in [0.3, 0.4) is 0 Å². The number of nitrogens with zero attached hydrogens (tertiary/aromatic N) is 4. The first-order valence-corrected chi connectivity index (χ1v) is 7.53. The lowest BCUT2D eigenvalue weighted by Crippen LogP contribution is -2.59. The van der Waals surface area contributed by atoms with Crippen LogP contribution in [-0.2, 0) is 0 Å². The second kappa shape index (κ2) is 5.25. The maximum Gasteiger partial charge on any atom is 0.224 e. The van der Waals surface area contributed by atoms with Crippen molar-refractivity contribution in [2.45, 2.75) is 45.2 Å². The minimum Gasteiger partial charge on any atom is -0.351 e. The summed E-state index contributed by atoms with van der Waals surface area (Å²) >= 11 is 5.96. The van der Waals surface area contributed by atoms with E-state index in [1.165, 1.54) is 25.8 Å². The minimum atomic E-state index is 0.346. The highest BCUT2D eigenvalue weighted by Gasteiger charge is 2.34. The summed E-state index contributed by atoms with van der Waals surface area (Å²) in [6.45, 7) is 7.79. The summed E-state index contributed by atoms with van der Waals surface area (Å²) in [6.07, 6.45) is 5.83. The van der Waals surface area contributed by atoms with Crippen molar-refractivity contribution in [1.82, 2.24) is 14.9 Å². The first-order valence-electron chi connectivity index (χ1n) is 7.15. The molecule has 0 aromatic carbocycles. The molecule has 2 aliphatic rings. The van der Waals surface area contributed by atoms with Gasteiger partial charge in [0.15, 0.2) is 0 Å². The molecule has 0 saturated carbocycles. The molecular weight excluding hydrogens is 260 g/mol. The third kappa shape index (κ3) is 2.56. The summed E-state index contributed by atoms with van der Waals surface area (Å²) in [7, 11) is 0. The van der Waals surface area contributed by atoms with Gasteiger partial charge in [-0.3, -0.25) is 4.90 Å². The Hall–Kier alpha value is -0.870. The highest BCUT2D eigenvalue weighted by molar-refractivity contribution is 6.28. The van der Waals surface area contributed by atoms with Gasteiger partial charge in [0.25, 0.3) is 0 Å². The predicted octanol–water partition coefficient (Wildman–Crippen LogP) is 2.50. The number of hydrogen-bond donors (Lipinski definition) is 0. The van der Waals surface area contributed by atoms with Gasteiger partial charge < -0.3 is 4.90 Å². The monoisotopic (exact) mass is 280 g/mol. The highest BCUT2D eigenvalue weighted by Crippen LogP contribution is 2.29. The van der Waals surface area contributed by atoms with Crippen LogP contribution in [0.5, 0.6) is 0 Å². The number of piperidine rings is 1. The van der Waals surface area contributed by atoms with Crippen molar-refractivity contribution < 1.29 is 0 Å². The lowest BCUT2D eigenvalue weighted by Gasteiger charge is -2.48. The number of piperazine rings is 1. The summed E-state index contributed by atoms with van der Waals surface area (Å²) < 4.78 is 0. The molecule has 19 heavy (non-hydrogen) atoms. The first-order chi connectivity index (χ1) is 9.15. The zero-order valence-electron chi connectivity index (χ0n) is 11.6. The highest BCUT2D eigenvalue weighted by atomic mass is 35.5. The van der Waals surface area contributed by atoms with Crippen LogP contribution in [0.15, 0.2) is 6.20 Å². The van der Waals surface area contributed by atoms with E-state index in [1.54, 1.807) is 0 Å². The molecule has 0 aliphatic carbocycles. The van der Waals surface area contributed by atoms with Gasteiger partial charge in [-0.15, -0.1) is 0 Å². The lowest BCUT2D eigenvalue weighted by atomic mass is 9.97. The standard InChI is InChI=1S/C14H21ClN4/c1-10-7-16-14(15)17-13(10)19-9-12-5-3-4-6-18(12)8-11(19)2/h7,11-12H,3-6,8-9H2,1-2H3. The molecule has 1 aromatic rings. The van der Waals surface area contributed by atoms with E-state index < -0.39 is 0 Å². The van der Waals surface area contributed by atoms with Crippen molar-refractivity contribution in [3.05, 3.63) is 17.0 Å². The molecule has 0 spiro atoms. The summed E-state index contributed by atoms with van der Waals surface area (Å²) in [5.41, 5.74) is 1.11. The third-order valence-electron chi connectivity index (χ3n) is 4.37. The van der Waals surface area contributed by atoms with Crippen LogP contribution in [0.1, 0.15) is 31.7 Å². The number of anilines is 1. The van der Waals surface area contributed by atoms with Crippen LogP contribution in [0, 0.1) is 6.92 Å². The van der Waals surface area contributed by atoms with Gasteiger partial charge >= 0.3 is 0 Å². The number of aromatic nitrogens is 2. The van der Waals surface area contributed by atoms with Gasteiger partial charge in [0.2, 0.25) is 5.28 Å². The molecule has 2 fully saturated rings. The van der Waals surface area contributed by atoms with Gasteiger partial charge in [-0.25, -0.2) is 9.97 Å². The van der Waals surface area contributed by atoms with Crippen molar-refractivity contribution >= 4 is 17.4 Å². The number of hydrogen-bond acceptors (Lipinski definition) is 4. The smallest absolute Gasteiger partial charge is 0.224 e. The first kappa shape index (κ1) is 13.1. The van der Waals surface area contributed by atoms with E-state index in [0.29, 0.717) is 17.4 Å². The summed E-state index contributed by atoms with van der Waals surface area (Å²) in [6, 6.07) is 1.16. The van der Waals surface area contributed by atoms with Crippen molar-refractivity contribution in [2.24, 2.45) is 0 Å². The van der Waals surface area contributed by atoms with E-state index in [1.807, 2.05) is 6.20 Å². The molecule has 3 rings (SSSR count). The number of halogens is 1. The molecule has 0 amide bonds. The fourth-order valence-corrected chi connectivity index (χ4v) is 3.48. The minimum absolute atomic E-state index is 0.346. The predicted molar refractivity (Wildman–Crippen MR) is 77.8 cm³/mol. The van der Waals surface area contributed by atoms with E-state index in [4.69, 9.17) is 11.6 Å². The molecule has 4 nitrogen and oxygen atoms in total. The average Bonchev–Trinajstić information content (AvgIpc) is 2.41. The normalized spacial score (nSPS) is 28.3. The molecule has 1 aromatic heterocycles. The molecular formula is C14H21ClN4. The Kier molecular flexibility index (Phi) is 3.63. The van der Waals surface area contributed by atoms with Crippen LogP contribution in [0.2, 0.25) is 5.28 Å². The molecule has 3 heterocycles. The molecule has 104 valence electrons. The van der Waals surface area contributed by atoms with Crippen LogP contribution < -0.4 is 4.90 Å². The summed E-state index contributed by atoms with van der Waals surface area (Å²) in [5, 5.41) is 0.346. The molecule has 2 atom stereocenters. The Morgan fingerprint density at radius 2 is 2.16 bits per heavy atom. The number of fused-ring (bicyclic) bond motifs is 1. The van der Waals surface area contributed by atoms with E-state index in [-0.39, 0.29) is 0 Å².